The van der Waals surface area contributed by atoms with Crippen LogP contribution in [0.4, 0.5) is 0 Å². The van der Waals surface area contributed by atoms with Crippen LogP contribution in [0.25, 0.3) is 0 Å². The Kier molecular flexibility index (Phi) is 5.24. The largest absolute Gasteiger partial charge is 0.439 e. The van der Waals surface area contributed by atoms with Crippen molar-refractivity contribution in [3.63, 3.8) is 0 Å². The minimum absolute atomic E-state index is 0.402. The molecule has 112 valence electrons. The number of rotatable bonds is 5. The van der Waals surface area contributed by atoms with E-state index in [1.807, 2.05) is 32.0 Å². The van der Waals surface area contributed by atoms with Crippen LogP contribution in [0.5, 0.6) is 11.6 Å². The Labute approximate surface area is 132 Å². The molecule has 0 amide bonds. The van der Waals surface area contributed by atoms with Crippen molar-refractivity contribution in [3.8, 4) is 11.6 Å². The quantitative estimate of drug-likeness (QED) is 0.657. The molecule has 0 saturated heterocycles. The van der Waals surface area contributed by atoms with Gasteiger partial charge in [0.05, 0.1) is 5.88 Å². The summed E-state index contributed by atoms with van der Waals surface area (Å²) in [5, 5.41) is 0. The molecule has 0 radical (unpaired) electrons. The van der Waals surface area contributed by atoms with E-state index >= 15 is 0 Å². The molecule has 0 spiro atoms. The number of nitrogens with zero attached hydrogens (tertiary/aromatic N) is 1. The van der Waals surface area contributed by atoms with Crippen LogP contribution in [0.3, 0.4) is 0 Å². The average molecular weight is 304 g/mol. The summed E-state index contributed by atoms with van der Waals surface area (Å²) < 4.78 is 5.93. The number of ether oxygens (including phenoxy) is 1. The molecule has 1 aromatic heterocycles. The van der Waals surface area contributed by atoms with E-state index in [4.69, 9.17) is 16.3 Å². The molecule has 0 N–H and O–H groups in total. The van der Waals surface area contributed by atoms with Crippen molar-refractivity contribution in [2.75, 3.05) is 0 Å². The fourth-order valence-electron chi connectivity index (χ4n) is 2.29. The third kappa shape index (κ3) is 3.76. The summed E-state index contributed by atoms with van der Waals surface area (Å²) in [5.74, 6) is 2.38. The summed E-state index contributed by atoms with van der Waals surface area (Å²) in [5.41, 5.74) is 4.33. The second-order valence-corrected chi connectivity index (χ2v) is 5.75. The monoisotopic (exact) mass is 303 g/mol. The summed E-state index contributed by atoms with van der Waals surface area (Å²) in [6.45, 7) is 8.42. The molecule has 1 aromatic carbocycles. The molecular weight excluding hydrogens is 282 g/mol. The predicted molar refractivity (Wildman–Crippen MR) is 88.5 cm³/mol. The van der Waals surface area contributed by atoms with E-state index in [2.05, 4.69) is 31.0 Å². The lowest BCUT2D eigenvalue weighted by Crippen LogP contribution is -1.98. The van der Waals surface area contributed by atoms with Crippen LogP contribution in [0.2, 0.25) is 0 Å². The number of hydrogen-bond donors (Lipinski definition) is 0. The zero-order valence-corrected chi connectivity index (χ0v) is 13.9. The maximum Gasteiger partial charge on any atom is 0.224 e. The van der Waals surface area contributed by atoms with Gasteiger partial charge in [-0.25, -0.2) is 4.98 Å². The molecule has 0 aliphatic carbocycles. The molecule has 3 heteroatoms. The summed E-state index contributed by atoms with van der Waals surface area (Å²) in [6, 6.07) is 10.3. The van der Waals surface area contributed by atoms with Gasteiger partial charge in [-0.1, -0.05) is 26.0 Å². The van der Waals surface area contributed by atoms with Crippen LogP contribution in [0.15, 0.2) is 30.3 Å². The van der Waals surface area contributed by atoms with Crippen molar-refractivity contribution < 1.29 is 4.74 Å². The van der Waals surface area contributed by atoms with Crippen LogP contribution >= 0.6 is 11.6 Å². The Balaban J connectivity index is 2.26. The standard InChI is InChI=1S/C18H22ClNO/c1-5-12(2)15-6-8-16(9-7-15)21-18-17(11-19)13(3)10-14(4)20-18/h6-10,12H,5,11H2,1-4H3. The van der Waals surface area contributed by atoms with Gasteiger partial charge in [0.1, 0.15) is 5.75 Å². The molecule has 0 fully saturated rings. The first-order valence-electron chi connectivity index (χ1n) is 7.36. The molecule has 2 nitrogen and oxygen atoms in total. The lowest BCUT2D eigenvalue weighted by Gasteiger charge is -2.13. The number of alkyl halides is 1. The minimum Gasteiger partial charge on any atom is -0.439 e. The normalized spacial score (nSPS) is 12.2. The van der Waals surface area contributed by atoms with Gasteiger partial charge in [0, 0.05) is 11.3 Å². The Morgan fingerprint density at radius 1 is 1.19 bits per heavy atom. The molecule has 0 bridgehead atoms. The highest BCUT2D eigenvalue weighted by molar-refractivity contribution is 6.17. The van der Waals surface area contributed by atoms with Gasteiger partial charge in [-0.3, -0.25) is 0 Å². The van der Waals surface area contributed by atoms with Crippen molar-refractivity contribution in [1.82, 2.24) is 4.98 Å². The fourth-order valence-corrected chi connectivity index (χ4v) is 2.61. The van der Waals surface area contributed by atoms with Gasteiger partial charge < -0.3 is 4.74 Å². The van der Waals surface area contributed by atoms with E-state index < -0.39 is 0 Å². The summed E-state index contributed by atoms with van der Waals surface area (Å²) in [4.78, 5) is 4.47. The molecule has 2 aromatic rings. The SMILES string of the molecule is CCC(C)c1ccc(Oc2nc(C)cc(C)c2CCl)cc1. The lowest BCUT2D eigenvalue weighted by molar-refractivity contribution is 0.456. The first-order valence-corrected chi connectivity index (χ1v) is 7.89. The van der Waals surface area contributed by atoms with Crippen LogP contribution in [-0.4, -0.2) is 4.98 Å². The van der Waals surface area contributed by atoms with E-state index in [1.54, 1.807) is 0 Å². The van der Waals surface area contributed by atoms with Crippen molar-refractivity contribution in [1.29, 1.82) is 0 Å². The molecule has 1 heterocycles. The van der Waals surface area contributed by atoms with Gasteiger partial charge in [-0.05, 0) is 55.5 Å². The molecule has 0 aliphatic rings. The number of benzene rings is 1. The molecule has 0 saturated carbocycles. The van der Waals surface area contributed by atoms with E-state index in [1.165, 1.54) is 5.56 Å². The van der Waals surface area contributed by atoms with Gasteiger partial charge in [0.2, 0.25) is 5.88 Å². The Hall–Kier alpha value is -1.54. The van der Waals surface area contributed by atoms with Gasteiger partial charge >= 0.3 is 0 Å². The number of aromatic nitrogens is 1. The topological polar surface area (TPSA) is 22.1 Å². The first kappa shape index (κ1) is 15.8. The van der Waals surface area contributed by atoms with Crippen LogP contribution in [-0.2, 0) is 5.88 Å². The fraction of sp³-hybridized carbons (Fsp3) is 0.389. The molecule has 2 rings (SSSR count). The Bertz CT molecular complexity index is 607. The number of halogens is 1. The maximum absolute atomic E-state index is 6.02. The highest BCUT2D eigenvalue weighted by atomic mass is 35.5. The van der Waals surface area contributed by atoms with Crippen molar-refractivity contribution in [2.45, 2.75) is 45.9 Å². The van der Waals surface area contributed by atoms with Crippen molar-refractivity contribution in [2.24, 2.45) is 0 Å². The van der Waals surface area contributed by atoms with Gasteiger partial charge in [-0.15, -0.1) is 11.6 Å². The smallest absolute Gasteiger partial charge is 0.224 e. The number of aryl methyl sites for hydroxylation is 2. The predicted octanol–water partition coefficient (Wildman–Crippen LogP) is 5.74. The average Bonchev–Trinajstić information content (AvgIpc) is 2.47. The first-order chi connectivity index (χ1) is 10.0. The molecule has 1 atom stereocenters. The second kappa shape index (κ2) is 6.95. The van der Waals surface area contributed by atoms with E-state index in [-0.39, 0.29) is 0 Å². The zero-order chi connectivity index (χ0) is 15.4. The summed E-state index contributed by atoms with van der Waals surface area (Å²) in [6.07, 6.45) is 1.13. The van der Waals surface area contributed by atoms with Gasteiger partial charge in [-0.2, -0.15) is 0 Å². The molecule has 21 heavy (non-hydrogen) atoms. The van der Waals surface area contributed by atoms with Crippen LogP contribution in [0.1, 0.15) is 48.6 Å². The molecule has 0 aliphatic heterocycles. The van der Waals surface area contributed by atoms with Gasteiger partial charge in [0.15, 0.2) is 0 Å². The second-order valence-electron chi connectivity index (χ2n) is 5.48. The van der Waals surface area contributed by atoms with Crippen LogP contribution < -0.4 is 4.74 Å². The highest BCUT2D eigenvalue weighted by Crippen LogP contribution is 2.29. The van der Waals surface area contributed by atoms with E-state index in [9.17, 15) is 0 Å². The maximum atomic E-state index is 6.02. The van der Waals surface area contributed by atoms with Crippen LogP contribution in [0, 0.1) is 13.8 Å². The third-order valence-electron chi connectivity index (χ3n) is 3.85. The number of pyridine rings is 1. The van der Waals surface area contributed by atoms with Gasteiger partial charge in [0.25, 0.3) is 0 Å². The Morgan fingerprint density at radius 2 is 1.86 bits per heavy atom. The lowest BCUT2D eigenvalue weighted by atomic mass is 9.99. The molecular formula is C18H22ClNO. The highest BCUT2D eigenvalue weighted by Gasteiger charge is 2.11. The molecule has 1 unspecified atom stereocenters. The van der Waals surface area contributed by atoms with E-state index in [0.717, 1.165) is 29.0 Å². The minimum atomic E-state index is 0.402. The van der Waals surface area contributed by atoms with E-state index in [0.29, 0.717) is 17.7 Å². The third-order valence-corrected chi connectivity index (χ3v) is 4.11. The number of hydrogen-bond acceptors (Lipinski definition) is 2. The summed E-state index contributed by atoms with van der Waals surface area (Å²) >= 11 is 6.02. The zero-order valence-electron chi connectivity index (χ0n) is 13.1. The summed E-state index contributed by atoms with van der Waals surface area (Å²) in [7, 11) is 0. The van der Waals surface area contributed by atoms with Crippen molar-refractivity contribution in [3.05, 3.63) is 52.7 Å². The van der Waals surface area contributed by atoms with Crippen molar-refractivity contribution >= 4 is 11.6 Å². The Morgan fingerprint density at radius 3 is 2.43 bits per heavy atom.